The summed E-state index contributed by atoms with van der Waals surface area (Å²) in [4.78, 5) is 31.0. The molecule has 0 atom stereocenters. The minimum atomic E-state index is -0.860. The molecular weight excluding hydrogens is 479 g/mol. The van der Waals surface area contributed by atoms with Crippen LogP contribution in [0.1, 0.15) is 41.6 Å². The predicted octanol–water partition coefficient (Wildman–Crippen LogP) is 2.76. The van der Waals surface area contributed by atoms with Crippen LogP contribution in [0.25, 0.3) is 0 Å². The quantitative estimate of drug-likeness (QED) is 0.533. The number of nitrogens with one attached hydrogen (secondary N) is 2. The topological polar surface area (TPSA) is 104 Å². The fourth-order valence-corrected chi connectivity index (χ4v) is 4.89. The SMILES string of the molecule is COc1ccc(C2(O)CCC(N3CC(NC(=O)CNC(=O)c4ccc(Cl)c(Cl)c4)C3)CC2)cn1. The first kappa shape index (κ1) is 24.7. The summed E-state index contributed by atoms with van der Waals surface area (Å²) in [5.74, 6) is -0.0857. The Hall–Kier alpha value is -2.39. The Bertz CT molecular complexity index is 1040. The largest absolute Gasteiger partial charge is 0.481 e. The zero-order valence-electron chi connectivity index (χ0n) is 18.9. The minimum absolute atomic E-state index is 0.0565. The monoisotopic (exact) mass is 506 g/mol. The van der Waals surface area contributed by atoms with Crippen LogP contribution in [0, 0.1) is 0 Å². The third kappa shape index (κ3) is 5.63. The summed E-state index contributed by atoms with van der Waals surface area (Å²) in [6.07, 6.45) is 4.78. The first-order valence-corrected chi connectivity index (χ1v) is 12.0. The first-order chi connectivity index (χ1) is 16.3. The van der Waals surface area contributed by atoms with E-state index in [4.69, 9.17) is 27.9 Å². The van der Waals surface area contributed by atoms with E-state index < -0.39 is 5.60 Å². The molecule has 2 aromatic rings. The van der Waals surface area contributed by atoms with Gasteiger partial charge in [0.15, 0.2) is 0 Å². The van der Waals surface area contributed by atoms with Crippen LogP contribution in [-0.2, 0) is 10.4 Å². The molecule has 2 amide bonds. The maximum absolute atomic E-state index is 12.2. The molecule has 1 aromatic heterocycles. The molecule has 4 rings (SSSR count). The Morgan fingerprint density at radius 3 is 2.53 bits per heavy atom. The van der Waals surface area contributed by atoms with E-state index in [0.29, 0.717) is 35.3 Å². The van der Waals surface area contributed by atoms with Gasteiger partial charge in [0, 0.05) is 42.5 Å². The lowest BCUT2D eigenvalue weighted by atomic mass is 9.77. The molecule has 34 heavy (non-hydrogen) atoms. The van der Waals surface area contributed by atoms with Gasteiger partial charge in [-0.15, -0.1) is 0 Å². The average molecular weight is 507 g/mol. The Morgan fingerprint density at radius 1 is 1.18 bits per heavy atom. The molecule has 1 aromatic carbocycles. The number of rotatable bonds is 7. The number of likely N-dealkylation sites (tertiary alicyclic amines) is 1. The fraction of sp³-hybridized carbons (Fsp3) is 0.458. The van der Waals surface area contributed by atoms with Crippen molar-refractivity contribution < 1.29 is 19.4 Å². The molecule has 0 bridgehead atoms. The van der Waals surface area contributed by atoms with Gasteiger partial charge in [0.05, 0.1) is 35.3 Å². The fourth-order valence-electron chi connectivity index (χ4n) is 4.59. The van der Waals surface area contributed by atoms with Crippen LogP contribution >= 0.6 is 23.2 Å². The van der Waals surface area contributed by atoms with E-state index >= 15 is 0 Å². The zero-order chi connectivity index (χ0) is 24.3. The number of aromatic nitrogens is 1. The number of aliphatic hydroxyl groups is 1. The highest BCUT2D eigenvalue weighted by atomic mass is 35.5. The first-order valence-electron chi connectivity index (χ1n) is 11.3. The van der Waals surface area contributed by atoms with Crippen molar-refractivity contribution in [2.24, 2.45) is 0 Å². The number of nitrogens with zero attached hydrogens (tertiary/aromatic N) is 2. The van der Waals surface area contributed by atoms with Crippen LogP contribution < -0.4 is 15.4 Å². The van der Waals surface area contributed by atoms with Gasteiger partial charge in [0.25, 0.3) is 5.91 Å². The molecule has 2 heterocycles. The lowest BCUT2D eigenvalue weighted by Gasteiger charge is -2.48. The third-order valence-corrected chi connectivity index (χ3v) is 7.39. The maximum Gasteiger partial charge on any atom is 0.251 e. The van der Waals surface area contributed by atoms with E-state index in [9.17, 15) is 14.7 Å². The van der Waals surface area contributed by atoms with Crippen LogP contribution in [0.3, 0.4) is 0 Å². The number of pyridine rings is 1. The number of hydrogen-bond donors (Lipinski definition) is 3. The van der Waals surface area contributed by atoms with E-state index in [1.165, 1.54) is 6.07 Å². The number of hydrogen-bond acceptors (Lipinski definition) is 6. The van der Waals surface area contributed by atoms with Gasteiger partial charge in [-0.3, -0.25) is 14.5 Å². The van der Waals surface area contributed by atoms with Gasteiger partial charge in [-0.1, -0.05) is 23.2 Å². The second kappa shape index (κ2) is 10.5. The van der Waals surface area contributed by atoms with Crippen LogP contribution in [0.15, 0.2) is 36.5 Å². The molecule has 3 N–H and O–H groups in total. The summed E-state index contributed by atoms with van der Waals surface area (Å²) >= 11 is 11.8. The van der Waals surface area contributed by atoms with Gasteiger partial charge in [0.1, 0.15) is 0 Å². The number of carbonyl (C=O) groups excluding carboxylic acids is 2. The number of ether oxygens (including phenoxy) is 1. The van der Waals surface area contributed by atoms with E-state index in [2.05, 4.69) is 20.5 Å². The molecule has 2 aliphatic rings. The van der Waals surface area contributed by atoms with Gasteiger partial charge >= 0.3 is 0 Å². The molecular formula is C24H28Cl2N4O4. The Morgan fingerprint density at radius 2 is 1.91 bits per heavy atom. The highest BCUT2D eigenvalue weighted by Gasteiger charge is 2.40. The highest BCUT2D eigenvalue weighted by molar-refractivity contribution is 6.42. The third-order valence-electron chi connectivity index (χ3n) is 6.65. The second-order valence-electron chi connectivity index (χ2n) is 8.88. The van der Waals surface area contributed by atoms with Crippen molar-refractivity contribution in [2.75, 3.05) is 26.7 Å². The number of methoxy groups -OCH3 is 1. The van der Waals surface area contributed by atoms with Crippen LogP contribution in [0.5, 0.6) is 5.88 Å². The minimum Gasteiger partial charge on any atom is -0.481 e. The van der Waals surface area contributed by atoms with Crippen molar-refractivity contribution in [3.8, 4) is 5.88 Å². The second-order valence-corrected chi connectivity index (χ2v) is 9.70. The predicted molar refractivity (Wildman–Crippen MR) is 129 cm³/mol. The lowest BCUT2D eigenvalue weighted by Crippen LogP contribution is -2.63. The van der Waals surface area contributed by atoms with Crippen LogP contribution in [0.2, 0.25) is 10.0 Å². The summed E-state index contributed by atoms with van der Waals surface area (Å²) in [6, 6.07) is 8.66. The zero-order valence-corrected chi connectivity index (χ0v) is 20.4. The number of halogens is 2. The molecule has 1 saturated heterocycles. The van der Waals surface area contributed by atoms with Crippen molar-refractivity contribution in [2.45, 2.75) is 43.4 Å². The van der Waals surface area contributed by atoms with Gasteiger partial charge in [-0.05, 0) is 49.9 Å². The molecule has 1 aliphatic heterocycles. The summed E-state index contributed by atoms with van der Waals surface area (Å²) in [5.41, 5.74) is 0.309. The van der Waals surface area contributed by atoms with E-state index in [1.54, 1.807) is 31.5 Å². The van der Waals surface area contributed by atoms with Gasteiger partial charge in [-0.2, -0.15) is 0 Å². The normalized spacial score (nSPS) is 23.1. The highest BCUT2D eigenvalue weighted by Crippen LogP contribution is 2.39. The van der Waals surface area contributed by atoms with Gasteiger partial charge < -0.3 is 20.5 Å². The van der Waals surface area contributed by atoms with E-state index in [0.717, 1.165) is 31.5 Å². The number of carbonyl (C=O) groups is 2. The van der Waals surface area contributed by atoms with Gasteiger partial charge in [-0.25, -0.2) is 4.98 Å². The number of amides is 2. The Kier molecular flexibility index (Phi) is 7.62. The molecule has 2 fully saturated rings. The Labute approximate surface area is 208 Å². The Balaban J connectivity index is 1.17. The van der Waals surface area contributed by atoms with Crippen LogP contribution in [0.4, 0.5) is 0 Å². The molecule has 0 radical (unpaired) electrons. The van der Waals surface area contributed by atoms with Crippen molar-refractivity contribution in [3.63, 3.8) is 0 Å². The van der Waals surface area contributed by atoms with Crippen molar-refractivity contribution in [1.29, 1.82) is 0 Å². The standard InChI is InChI=1S/C24H28Cl2N4O4/c1-34-22-5-3-16(11-27-22)24(33)8-6-18(7-9-24)30-13-17(14-30)29-21(31)12-28-23(32)15-2-4-19(25)20(26)10-15/h2-5,10-11,17-18,33H,6-9,12-14H2,1H3,(H,28,32)(H,29,31). The molecule has 0 spiro atoms. The molecule has 0 unspecified atom stereocenters. The van der Waals surface area contributed by atoms with Crippen molar-refractivity contribution in [3.05, 3.63) is 57.7 Å². The smallest absolute Gasteiger partial charge is 0.251 e. The summed E-state index contributed by atoms with van der Waals surface area (Å²) in [7, 11) is 1.57. The number of benzene rings is 1. The molecule has 8 nitrogen and oxygen atoms in total. The van der Waals surface area contributed by atoms with E-state index in [1.807, 2.05) is 6.07 Å². The van der Waals surface area contributed by atoms with Crippen molar-refractivity contribution >= 4 is 35.0 Å². The lowest BCUT2D eigenvalue weighted by molar-refractivity contribution is -0.122. The average Bonchev–Trinajstić information content (AvgIpc) is 2.82. The summed E-state index contributed by atoms with van der Waals surface area (Å²) < 4.78 is 5.09. The van der Waals surface area contributed by atoms with E-state index in [-0.39, 0.29) is 29.4 Å². The van der Waals surface area contributed by atoms with Crippen molar-refractivity contribution in [1.82, 2.24) is 20.5 Å². The molecule has 182 valence electrons. The summed E-state index contributed by atoms with van der Waals surface area (Å²) in [6.45, 7) is 1.42. The van der Waals surface area contributed by atoms with Gasteiger partial charge in [0.2, 0.25) is 11.8 Å². The summed E-state index contributed by atoms with van der Waals surface area (Å²) in [5, 5.41) is 17.3. The molecule has 1 saturated carbocycles. The molecule has 1 aliphatic carbocycles. The maximum atomic E-state index is 12.2. The molecule has 10 heteroatoms. The van der Waals surface area contributed by atoms with Crippen LogP contribution in [-0.4, -0.2) is 65.6 Å².